The molecule has 1 saturated heterocycles. The van der Waals surface area contributed by atoms with Crippen molar-refractivity contribution in [2.45, 2.75) is 51.2 Å². The Hall–Kier alpha value is -1.47. The second kappa shape index (κ2) is 5.31. The Kier molecular flexibility index (Phi) is 3.41. The van der Waals surface area contributed by atoms with Crippen molar-refractivity contribution >= 4 is 11.6 Å². The number of aryl methyl sites for hydroxylation is 2. The van der Waals surface area contributed by atoms with Crippen molar-refractivity contribution in [1.29, 1.82) is 0 Å². The average molecular weight is 322 g/mol. The van der Waals surface area contributed by atoms with Crippen molar-refractivity contribution in [3.8, 4) is 0 Å². The maximum Gasteiger partial charge on any atom is 0.165 e. The lowest BCUT2D eigenvalue weighted by Gasteiger charge is -2.24. The van der Waals surface area contributed by atoms with E-state index in [1.165, 1.54) is 19.3 Å². The van der Waals surface area contributed by atoms with Gasteiger partial charge in [0.25, 0.3) is 0 Å². The highest BCUT2D eigenvalue weighted by Crippen LogP contribution is 2.39. The molecular formula is C14H20ClN7. The fraction of sp³-hybridized carbons (Fsp3) is 0.714. The summed E-state index contributed by atoms with van der Waals surface area (Å²) in [5, 5.41) is 17.4. The highest BCUT2D eigenvalue weighted by Gasteiger charge is 2.34. The minimum Gasteiger partial charge on any atom is -0.289 e. The molecule has 7 nitrogen and oxygen atoms in total. The Morgan fingerprint density at radius 2 is 2.09 bits per heavy atom. The van der Waals surface area contributed by atoms with Crippen molar-refractivity contribution in [2.75, 3.05) is 6.54 Å². The Bertz CT molecular complexity index is 687. The normalized spacial score (nSPS) is 22.6. The molecule has 1 aliphatic carbocycles. The number of nitrogens with zero attached hydrogens (tertiary/aromatic N) is 7. The first-order valence-electron chi connectivity index (χ1n) is 7.85. The van der Waals surface area contributed by atoms with Gasteiger partial charge in [-0.15, -0.1) is 5.10 Å². The number of rotatable bonds is 4. The lowest BCUT2D eigenvalue weighted by Crippen LogP contribution is -2.25. The summed E-state index contributed by atoms with van der Waals surface area (Å²) in [6, 6.07) is 0.820. The molecule has 0 unspecified atom stereocenters. The van der Waals surface area contributed by atoms with Gasteiger partial charge in [0.2, 0.25) is 0 Å². The molecular weight excluding hydrogens is 302 g/mol. The first-order valence-corrected chi connectivity index (χ1v) is 8.22. The predicted molar refractivity (Wildman–Crippen MR) is 81.4 cm³/mol. The van der Waals surface area contributed by atoms with E-state index in [0.29, 0.717) is 12.1 Å². The fourth-order valence-corrected chi connectivity index (χ4v) is 3.77. The van der Waals surface area contributed by atoms with Crippen LogP contribution in [0, 0.1) is 6.92 Å². The quantitative estimate of drug-likeness (QED) is 0.862. The molecule has 2 fully saturated rings. The van der Waals surface area contributed by atoms with Crippen LogP contribution in [-0.2, 0) is 13.6 Å². The molecule has 0 bridgehead atoms. The standard InChI is InChI=1S/C14H20ClN7/c1-9-13(14(15)20(2)17-9)11-4-3-7-21(11)8-12-16-18-19-22(12)10-5-6-10/h10-11H,3-8H2,1-2H3/t11-/m1/s1. The van der Waals surface area contributed by atoms with Crippen LogP contribution < -0.4 is 0 Å². The van der Waals surface area contributed by atoms with Gasteiger partial charge in [-0.25, -0.2) is 4.68 Å². The van der Waals surface area contributed by atoms with Gasteiger partial charge in [-0.05, 0) is 49.6 Å². The van der Waals surface area contributed by atoms with E-state index < -0.39 is 0 Å². The Morgan fingerprint density at radius 3 is 2.77 bits per heavy atom. The molecule has 2 aromatic rings. The molecule has 0 radical (unpaired) electrons. The van der Waals surface area contributed by atoms with Crippen LogP contribution in [-0.4, -0.2) is 41.4 Å². The Balaban J connectivity index is 1.59. The van der Waals surface area contributed by atoms with Gasteiger partial charge in [0.15, 0.2) is 5.82 Å². The van der Waals surface area contributed by atoms with Crippen LogP contribution in [0.3, 0.4) is 0 Å². The first kappa shape index (κ1) is 14.1. The van der Waals surface area contributed by atoms with E-state index in [9.17, 15) is 0 Å². The molecule has 2 aromatic heterocycles. The van der Waals surface area contributed by atoms with Crippen LogP contribution in [0.1, 0.15) is 54.8 Å². The molecule has 118 valence electrons. The summed E-state index contributed by atoms with van der Waals surface area (Å²) in [4.78, 5) is 2.43. The summed E-state index contributed by atoms with van der Waals surface area (Å²) in [6.45, 7) is 3.86. The summed E-state index contributed by atoms with van der Waals surface area (Å²) in [6.07, 6.45) is 4.65. The van der Waals surface area contributed by atoms with Crippen LogP contribution in [0.25, 0.3) is 0 Å². The lowest BCUT2D eigenvalue weighted by atomic mass is 10.1. The molecule has 2 aliphatic rings. The molecule has 1 aliphatic heterocycles. The number of likely N-dealkylation sites (tertiary alicyclic amines) is 1. The van der Waals surface area contributed by atoms with E-state index in [-0.39, 0.29) is 0 Å². The van der Waals surface area contributed by atoms with Crippen LogP contribution in [0.15, 0.2) is 0 Å². The van der Waals surface area contributed by atoms with Crippen LogP contribution in [0.4, 0.5) is 0 Å². The number of aromatic nitrogens is 6. The SMILES string of the molecule is Cc1nn(C)c(Cl)c1[C@H]1CCCN1Cc1nnnn1C1CC1. The van der Waals surface area contributed by atoms with Crippen molar-refractivity contribution in [3.63, 3.8) is 0 Å². The predicted octanol–water partition coefficient (Wildman–Crippen LogP) is 2.04. The van der Waals surface area contributed by atoms with E-state index in [1.807, 2.05) is 18.7 Å². The van der Waals surface area contributed by atoms with E-state index in [0.717, 1.165) is 41.7 Å². The molecule has 1 saturated carbocycles. The Morgan fingerprint density at radius 1 is 1.27 bits per heavy atom. The molecule has 0 spiro atoms. The fourth-order valence-electron chi connectivity index (χ4n) is 3.47. The molecule has 22 heavy (non-hydrogen) atoms. The maximum absolute atomic E-state index is 6.46. The van der Waals surface area contributed by atoms with Gasteiger partial charge in [0.05, 0.1) is 18.3 Å². The topological polar surface area (TPSA) is 64.7 Å². The average Bonchev–Trinajstić information content (AvgIpc) is 2.96. The van der Waals surface area contributed by atoms with Crippen LogP contribution in [0.2, 0.25) is 5.15 Å². The maximum atomic E-state index is 6.46. The monoisotopic (exact) mass is 321 g/mol. The van der Waals surface area contributed by atoms with Gasteiger partial charge in [0.1, 0.15) is 5.15 Å². The summed E-state index contributed by atoms with van der Waals surface area (Å²) in [5.74, 6) is 0.965. The molecule has 8 heteroatoms. The molecule has 1 atom stereocenters. The number of hydrogen-bond donors (Lipinski definition) is 0. The van der Waals surface area contributed by atoms with Crippen LogP contribution >= 0.6 is 11.6 Å². The highest BCUT2D eigenvalue weighted by atomic mass is 35.5. The van der Waals surface area contributed by atoms with Gasteiger partial charge in [0, 0.05) is 18.7 Å². The zero-order chi connectivity index (χ0) is 15.3. The number of halogens is 1. The minimum atomic E-state index is 0.311. The molecule has 0 amide bonds. The van der Waals surface area contributed by atoms with E-state index in [2.05, 4.69) is 25.5 Å². The third-order valence-corrected chi connectivity index (χ3v) is 5.14. The number of hydrogen-bond acceptors (Lipinski definition) is 5. The highest BCUT2D eigenvalue weighted by molar-refractivity contribution is 6.30. The molecule has 0 aromatic carbocycles. The molecule has 4 rings (SSSR count). The van der Waals surface area contributed by atoms with Crippen molar-refractivity contribution in [1.82, 2.24) is 34.9 Å². The zero-order valence-corrected chi connectivity index (χ0v) is 13.7. The second-order valence-corrected chi connectivity index (χ2v) is 6.67. The zero-order valence-electron chi connectivity index (χ0n) is 12.9. The molecule has 0 N–H and O–H groups in total. The molecule has 3 heterocycles. The van der Waals surface area contributed by atoms with Crippen LogP contribution in [0.5, 0.6) is 0 Å². The van der Waals surface area contributed by atoms with Crippen molar-refractivity contribution in [3.05, 3.63) is 22.2 Å². The van der Waals surface area contributed by atoms with E-state index in [4.69, 9.17) is 11.6 Å². The number of tetrazole rings is 1. The summed E-state index contributed by atoms with van der Waals surface area (Å²) in [7, 11) is 1.89. The second-order valence-electron chi connectivity index (χ2n) is 6.31. The van der Waals surface area contributed by atoms with Gasteiger partial charge < -0.3 is 0 Å². The van der Waals surface area contributed by atoms with E-state index >= 15 is 0 Å². The summed E-state index contributed by atoms with van der Waals surface area (Å²) >= 11 is 6.46. The Labute approximate surface area is 134 Å². The first-order chi connectivity index (χ1) is 10.6. The van der Waals surface area contributed by atoms with Gasteiger partial charge in [-0.2, -0.15) is 5.10 Å². The van der Waals surface area contributed by atoms with Crippen molar-refractivity contribution < 1.29 is 0 Å². The smallest absolute Gasteiger partial charge is 0.165 e. The lowest BCUT2D eigenvalue weighted by molar-refractivity contribution is 0.236. The largest absolute Gasteiger partial charge is 0.289 e. The summed E-state index contributed by atoms with van der Waals surface area (Å²) in [5.41, 5.74) is 2.18. The van der Waals surface area contributed by atoms with Gasteiger partial charge >= 0.3 is 0 Å². The summed E-state index contributed by atoms with van der Waals surface area (Å²) < 4.78 is 3.75. The third kappa shape index (κ3) is 2.32. The van der Waals surface area contributed by atoms with Gasteiger partial charge in [-0.1, -0.05) is 11.6 Å². The minimum absolute atomic E-state index is 0.311. The van der Waals surface area contributed by atoms with Gasteiger partial charge in [-0.3, -0.25) is 9.58 Å². The van der Waals surface area contributed by atoms with Crippen molar-refractivity contribution in [2.24, 2.45) is 7.05 Å². The third-order valence-electron chi connectivity index (χ3n) is 4.69. The van der Waals surface area contributed by atoms with E-state index in [1.54, 1.807) is 4.68 Å².